The minimum absolute atomic E-state index is 0.0351. The molecular weight excluding hydrogens is 392 g/mol. The van der Waals surface area contributed by atoms with Crippen molar-refractivity contribution >= 4 is 33.7 Å². The molecule has 2 aromatic heterocycles. The predicted molar refractivity (Wildman–Crippen MR) is 103 cm³/mol. The van der Waals surface area contributed by atoms with Crippen molar-refractivity contribution in [2.45, 2.75) is 32.8 Å². The molecule has 0 aliphatic rings. The summed E-state index contributed by atoms with van der Waals surface area (Å²) < 4.78 is 29.7. The third-order valence-corrected chi connectivity index (χ3v) is 5.65. The van der Waals surface area contributed by atoms with Gasteiger partial charge in [-0.1, -0.05) is 32.9 Å². The third kappa shape index (κ3) is 4.67. The van der Waals surface area contributed by atoms with E-state index in [2.05, 4.69) is 20.0 Å². The predicted octanol–water partition coefficient (Wildman–Crippen LogP) is 5.42. The number of hydrogen-bond donors (Lipinski definition) is 1. The molecule has 0 saturated carbocycles. The monoisotopic (exact) mass is 409 g/mol. The number of thiazole rings is 2. The highest BCUT2D eigenvalue weighted by Crippen LogP contribution is 2.33. The van der Waals surface area contributed by atoms with Crippen LogP contribution in [0.5, 0.6) is 5.75 Å². The molecule has 1 amide bonds. The Kier molecular flexibility index (Phi) is 5.52. The van der Waals surface area contributed by atoms with Gasteiger partial charge in [0, 0.05) is 16.4 Å². The van der Waals surface area contributed by atoms with Gasteiger partial charge in [0.2, 0.25) is 0 Å². The molecule has 0 atom stereocenters. The highest BCUT2D eigenvalue weighted by atomic mass is 32.1. The van der Waals surface area contributed by atoms with Gasteiger partial charge in [-0.25, -0.2) is 9.97 Å². The molecule has 27 heavy (non-hydrogen) atoms. The Morgan fingerprint density at radius 2 is 2.00 bits per heavy atom. The van der Waals surface area contributed by atoms with E-state index in [0.29, 0.717) is 21.3 Å². The number of nitrogens with one attached hydrogen (secondary N) is 1. The summed E-state index contributed by atoms with van der Waals surface area (Å²) in [6.07, 6.45) is 1.54. The van der Waals surface area contributed by atoms with Crippen molar-refractivity contribution in [2.24, 2.45) is 0 Å². The number of ether oxygens (including phenoxy) is 1. The van der Waals surface area contributed by atoms with Gasteiger partial charge in [-0.2, -0.15) is 8.78 Å². The fraction of sp³-hybridized carbons (Fsp3) is 0.278. The molecule has 3 aromatic rings. The molecule has 0 bridgehead atoms. The maximum atomic E-state index is 12.6. The summed E-state index contributed by atoms with van der Waals surface area (Å²) in [4.78, 5) is 21.5. The summed E-state index contributed by atoms with van der Waals surface area (Å²) in [7, 11) is 0. The van der Waals surface area contributed by atoms with Crippen LogP contribution in [0.25, 0.3) is 11.3 Å². The lowest BCUT2D eigenvalue weighted by Crippen LogP contribution is -2.11. The number of carbonyl (C=O) groups is 1. The standard InChI is InChI=1S/C18H17F2N3O2S2/c1-18(2,3)15-21-8-13(27-15)14(24)23-17-22-11(9-26-17)10-6-4-5-7-12(10)25-16(19)20/h4-9,16H,1-3H3,(H,22,23,24). The number of alkyl halides is 2. The van der Waals surface area contributed by atoms with E-state index in [-0.39, 0.29) is 17.1 Å². The number of anilines is 1. The Hall–Kier alpha value is -2.39. The van der Waals surface area contributed by atoms with Gasteiger partial charge >= 0.3 is 6.61 Å². The zero-order valence-electron chi connectivity index (χ0n) is 14.8. The fourth-order valence-electron chi connectivity index (χ4n) is 2.22. The van der Waals surface area contributed by atoms with Crippen molar-refractivity contribution in [3.05, 3.63) is 45.7 Å². The number of halogens is 2. The smallest absolute Gasteiger partial charge is 0.387 e. The first-order chi connectivity index (χ1) is 12.7. The van der Waals surface area contributed by atoms with E-state index in [1.165, 1.54) is 28.7 Å². The number of amides is 1. The van der Waals surface area contributed by atoms with E-state index >= 15 is 0 Å². The molecule has 0 spiro atoms. The molecule has 1 aromatic carbocycles. The van der Waals surface area contributed by atoms with Gasteiger partial charge < -0.3 is 4.74 Å². The van der Waals surface area contributed by atoms with Gasteiger partial charge in [-0.3, -0.25) is 10.1 Å². The summed E-state index contributed by atoms with van der Waals surface area (Å²) in [5, 5.41) is 5.63. The van der Waals surface area contributed by atoms with Crippen LogP contribution in [0, 0.1) is 0 Å². The minimum atomic E-state index is -2.92. The Morgan fingerprint density at radius 1 is 1.26 bits per heavy atom. The first kappa shape index (κ1) is 19.4. The molecule has 0 aliphatic carbocycles. The van der Waals surface area contributed by atoms with Crippen LogP contribution in [-0.4, -0.2) is 22.5 Å². The van der Waals surface area contributed by atoms with Gasteiger partial charge in [0.25, 0.3) is 5.91 Å². The first-order valence-electron chi connectivity index (χ1n) is 8.01. The number of aromatic nitrogens is 2. The van der Waals surface area contributed by atoms with Gasteiger partial charge in [0.1, 0.15) is 10.6 Å². The molecule has 5 nitrogen and oxygen atoms in total. The van der Waals surface area contributed by atoms with Crippen molar-refractivity contribution in [3.63, 3.8) is 0 Å². The zero-order chi connectivity index (χ0) is 19.6. The highest BCUT2D eigenvalue weighted by Gasteiger charge is 2.21. The Morgan fingerprint density at radius 3 is 2.67 bits per heavy atom. The first-order valence-corrected chi connectivity index (χ1v) is 9.71. The van der Waals surface area contributed by atoms with Gasteiger partial charge in [-0.15, -0.1) is 22.7 Å². The SMILES string of the molecule is CC(C)(C)c1ncc(C(=O)Nc2nc(-c3ccccc3OC(F)F)cs2)s1. The third-order valence-electron chi connectivity index (χ3n) is 3.47. The number of nitrogens with zero attached hydrogens (tertiary/aromatic N) is 2. The van der Waals surface area contributed by atoms with Crippen LogP contribution in [0.2, 0.25) is 0 Å². The largest absolute Gasteiger partial charge is 0.434 e. The van der Waals surface area contributed by atoms with Crippen LogP contribution in [0.1, 0.15) is 35.5 Å². The molecular formula is C18H17F2N3O2S2. The number of benzene rings is 1. The van der Waals surface area contributed by atoms with Crippen LogP contribution in [-0.2, 0) is 5.41 Å². The van der Waals surface area contributed by atoms with Crippen molar-refractivity contribution in [1.29, 1.82) is 0 Å². The second-order valence-electron chi connectivity index (χ2n) is 6.65. The second-order valence-corrected chi connectivity index (χ2v) is 8.54. The van der Waals surface area contributed by atoms with Gasteiger partial charge in [0.15, 0.2) is 5.13 Å². The average Bonchev–Trinajstić information content (AvgIpc) is 3.23. The molecule has 0 fully saturated rings. The molecule has 0 aliphatic heterocycles. The molecule has 0 saturated heterocycles. The summed E-state index contributed by atoms with van der Waals surface area (Å²) in [6.45, 7) is 3.16. The number of para-hydroxylation sites is 1. The maximum absolute atomic E-state index is 12.6. The molecule has 2 heterocycles. The molecule has 142 valence electrons. The number of rotatable bonds is 5. The van der Waals surface area contributed by atoms with E-state index in [9.17, 15) is 13.6 Å². The lowest BCUT2D eigenvalue weighted by molar-refractivity contribution is -0.0494. The van der Waals surface area contributed by atoms with E-state index in [4.69, 9.17) is 0 Å². The second kappa shape index (κ2) is 7.69. The summed E-state index contributed by atoms with van der Waals surface area (Å²) in [6, 6.07) is 6.39. The Labute approximate surface area is 163 Å². The van der Waals surface area contributed by atoms with Crippen LogP contribution in [0.3, 0.4) is 0 Å². The van der Waals surface area contributed by atoms with E-state index < -0.39 is 6.61 Å². The van der Waals surface area contributed by atoms with Gasteiger partial charge in [0.05, 0.1) is 16.9 Å². The van der Waals surface area contributed by atoms with Crippen molar-refractivity contribution < 1.29 is 18.3 Å². The van der Waals surface area contributed by atoms with E-state index in [0.717, 1.165) is 5.01 Å². The summed E-state index contributed by atoms with van der Waals surface area (Å²) in [5.41, 5.74) is 0.750. The van der Waals surface area contributed by atoms with Crippen LogP contribution in [0.15, 0.2) is 35.8 Å². The van der Waals surface area contributed by atoms with Crippen LogP contribution in [0.4, 0.5) is 13.9 Å². The molecule has 0 radical (unpaired) electrons. The normalized spacial score (nSPS) is 11.6. The van der Waals surface area contributed by atoms with Gasteiger partial charge in [-0.05, 0) is 12.1 Å². The lowest BCUT2D eigenvalue weighted by atomic mass is 9.98. The molecule has 3 rings (SSSR count). The quantitative estimate of drug-likeness (QED) is 0.611. The van der Waals surface area contributed by atoms with Crippen LogP contribution < -0.4 is 10.1 Å². The minimum Gasteiger partial charge on any atom is -0.434 e. The lowest BCUT2D eigenvalue weighted by Gasteiger charge is -2.13. The molecule has 0 unspecified atom stereocenters. The van der Waals surface area contributed by atoms with Crippen molar-refractivity contribution in [1.82, 2.24) is 9.97 Å². The topological polar surface area (TPSA) is 64.1 Å². The van der Waals surface area contributed by atoms with Crippen molar-refractivity contribution in [2.75, 3.05) is 5.32 Å². The Bertz CT molecular complexity index is 948. The van der Waals surface area contributed by atoms with Crippen LogP contribution >= 0.6 is 22.7 Å². The molecule has 9 heteroatoms. The van der Waals surface area contributed by atoms with E-state index in [1.54, 1.807) is 29.8 Å². The fourth-order valence-corrected chi connectivity index (χ4v) is 3.79. The van der Waals surface area contributed by atoms with Crippen molar-refractivity contribution in [3.8, 4) is 17.0 Å². The zero-order valence-corrected chi connectivity index (χ0v) is 16.5. The Balaban J connectivity index is 1.77. The summed E-state index contributed by atoms with van der Waals surface area (Å²) in [5.74, 6) is -0.269. The summed E-state index contributed by atoms with van der Waals surface area (Å²) >= 11 is 2.54. The maximum Gasteiger partial charge on any atom is 0.387 e. The average molecular weight is 409 g/mol. The highest BCUT2D eigenvalue weighted by molar-refractivity contribution is 7.15. The number of carbonyl (C=O) groups excluding carboxylic acids is 1. The number of hydrogen-bond acceptors (Lipinski definition) is 6. The molecule has 1 N–H and O–H groups in total. The van der Waals surface area contributed by atoms with E-state index in [1.807, 2.05) is 20.8 Å².